The molecule has 0 saturated heterocycles. The minimum Gasteiger partial charge on any atom is -0.497 e. The summed E-state index contributed by atoms with van der Waals surface area (Å²) in [4.78, 5) is 19.7. The Kier molecular flexibility index (Phi) is 5.35. The maximum Gasteiger partial charge on any atom is 0.226 e. The third-order valence-electron chi connectivity index (χ3n) is 4.10. The van der Waals surface area contributed by atoms with E-state index in [2.05, 4.69) is 15.2 Å². The van der Waals surface area contributed by atoms with Crippen LogP contribution in [0, 0.1) is 0 Å². The van der Waals surface area contributed by atoms with Crippen LogP contribution >= 0.6 is 11.3 Å². The lowest BCUT2D eigenvalue weighted by Gasteiger charge is -2.25. The van der Waals surface area contributed by atoms with Gasteiger partial charge in [0.15, 0.2) is 4.96 Å². The molecule has 3 aromatic rings. The summed E-state index contributed by atoms with van der Waals surface area (Å²) in [7, 11) is 5.66. The van der Waals surface area contributed by atoms with E-state index in [0.717, 1.165) is 22.0 Å². The summed E-state index contributed by atoms with van der Waals surface area (Å²) in [6.45, 7) is 0.542. The van der Waals surface area contributed by atoms with Crippen molar-refractivity contribution in [1.29, 1.82) is 0 Å². The van der Waals surface area contributed by atoms with Crippen molar-refractivity contribution in [2.75, 3.05) is 27.7 Å². The van der Waals surface area contributed by atoms with Crippen LogP contribution < -0.4 is 10.1 Å². The monoisotopic (exact) mass is 358 g/mol. The van der Waals surface area contributed by atoms with E-state index in [9.17, 15) is 4.79 Å². The fraction of sp³-hybridized carbons (Fsp3) is 0.333. The molecule has 0 aliphatic rings. The molecular weight excluding hydrogens is 336 g/mol. The quantitative estimate of drug-likeness (QED) is 0.704. The molecule has 0 aliphatic heterocycles. The maximum absolute atomic E-state index is 12.3. The fourth-order valence-corrected chi connectivity index (χ4v) is 3.44. The first kappa shape index (κ1) is 17.4. The van der Waals surface area contributed by atoms with Crippen LogP contribution in [-0.2, 0) is 11.2 Å². The molecule has 1 amide bonds. The molecule has 0 saturated carbocycles. The molecule has 25 heavy (non-hydrogen) atoms. The summed E-state index contributed by atoms with van der Waals surface area (Å²) < 4.78 is 7.14. The summed E-state index contributed by atoms with van der Waals surface area (Å²) in [6.07, 6.45) is 4.13. The molecule has 1 atom stereocenters. The first-order valence-electron chi connectivity index (χ1n) is 8.05. The van der Waals surface area contributed by atoms with Crippen molar-refractivity contribution >= 4 is 22.2 Å². The molecule has 2 heterocycles. The van der Waals surface area contributed by atoms with Gasteiger partial charge < -0.3 is 15.0 Å². The summed E-state index contributed by atoms with van der Waals surface area (Å²) in [6, 6.07) is 8.02. The van der Waals surface area contributed by atoms with Crippen molar-refractivity contribution in [3.63, 3.8) is 0 Å². The number of aromatic nitrogens is 2. The molecular formula is C18H22N4O2S. The highest BCUT2D eigenvalue weighted by atomic mass is 32.1. The third kappa shape index (κ3) is 4.18. The van der Waals surface area contributed by atoms with Crippen molar-refractivity contribution in [3.8, 4) is 5.75 Å². The molecule has 0 fully saturated rings. The average molecular weight is 358 g/mol. The van der Waals surface area contributed by atoms with E-state index in [-0.39, 0.29) is 18.4 Å². The van der Waals surface area contributed by atoms with Gasteiger partial charge in [0.1, 0.15) is 5.75 Å². The Bertz CT molecular complexity index is 810. The number of ether oxygens (including phenoxy) is 1. The van der Waals surface area contributed by atoms with E-state index >= 15 is 0 Å². The second-order valence-corrected chi connectivity index (χ2v) is 6.93. The van der Waals surface area contributed by atoms with Gasteiger partial charge in [-0.15, -0.1) is 11.3 Å². The van der Waals surface area contributed by atoms with Gasteiger partial charge >= 0.3 is 0 Å². The molecule has 7 heteroatoms. The van der Waals surface area contributed by atoms with Gasteiger partial charge in [-0.1, -0.05) is 12.1 Å². The Morgan fingerprint density at radius 1 is 1.36 bits per heavy atom. The molecule has 132 valence electrons. The van der Waals surface area contributed by atoms with Crippen molar-refractivity contribution in [2.45, 2.75) is 12.5 Å². The van der Waals surface area contributed by atoms with Gasteiger partial charge in [0.2, 0.25) is 5.91 Å². The Labute approximate surface area is 151 Å². The number of nitrogens with zero attached hydrogens (tertiary/aromatic N) is 3. The van der Waals surface area contributed by atoms with E-state index in [1.165, 1.54) is 0 Å². The molecule has 3 rings (SSSR count). The largest absolute Gasteiger partial charge is 0.497 e. The number of rotatable bonds is 7. The number of fused-ring (bicyclic) bond motifs is 1. The van der Waals surface area contributed by atoms with Gasteiger partial charge in [-0.25, -0.2) is 4.98 Å². The lowest BCUT2D eigenvalue weighted by atomic mass is 10.1. The number of imidazole rings is 1. The van der Waals surface area contributed by atoms with Crippen molar-refractivity contribution in [2.24, 2.45) is 0 Å². The standard InChI is InChI=1S/C18H22N4O2S/c1-21(2)16(13-4-6-15(24-3)7-5-13)11-19-17(23)10-14-12-22-8-9-25-18(22)20-14/h4-9,12,16H,10-11H2,1-3H3,(H,19,23). The van der Waals surface area contributed by atoms with Crippen molar-refractivity contribution in [3.05, 3.63) is 53.3 Å². The Hall–Kier alpha value is -2.38. The number of carbonyl (C=O) groups is 1. The second kappa shape index (κ2) is 7.67. The van der Waals surface area contributed by atoms with Crippen LogP contribution in [0.3, 0.4) is 0 Å². The van der Waals surface area contributed by atoms with Gasteiger partial charge in [-0.3, -0.25) is 9.20 Å². The molecule has 1 unspecified atom stereocenters. The number of likely N-dealkylation sites (N-methyl/N-ethyl adjacent to an activating group) is 1. The van der Waals surface area contributed by atoms with Crippen LogP contribution in [-0.4, -0.2) is 47.9 Å². The van der Waals surface area contributed by atoms with Crippen LogP contribution in [0.1, 0.15) is 17.3 Å². The van der Waals surface area contributed by atoms with Crippen LogP contribution in [0.2, 0.25) is 0 Å². The van der Waals surface area contributed by atoms with Crippen LogP contribution in [0.25, 0.3) is 4.96 Å². The van der Waals surface area contributed by atoms with Gasteiger partial charge in [0, 0.05) is 24.3 Å². The topological polar surface area (TPSA) is 58.9 Å². The van der Waals surface area contributed by atoms with E-state index < -0.39 is 0 Å². The molecule has 0 bridgehead atoms. The summed E-state index contributed by atoms with van der Waals surface area (Å²) in [5.74, 6) is 0.802. The Morgan fingerprint density at radius 3 is 2.76 bits per heavy atom. The van der Waals surface area contributed by atoms with Crippen molar-refractivity contribution < 1.29 is 9.53 Å². The van der Waals surface area contributed by atoms with Crippen LogP contribution in [0.5, 0.6) is 5.75 Å². The summed E-state index contributed by atoms with van der Waals surface area (Å²) >= 11 is 1.56. The summed E-state index contributed by atoms with van der Waals surface area (Å²) in [5, 5.41) is 4.99. The zero-order chi connectivity index (χ0) is 17.8. The maximum atomic E-state index is 12.3. The summed E-state index contributed by atoms with van der Waals surface area (Å²) in [5.41, 5.74) is 1.92. The first-order valence-corrected chi connectivity index (χ1v) is 8.93. The number of amides is 1. The highest BCUT2D eigenvalue weighted by molar-refractivity contribution is 7.15. The van der Waals surface area contributed by atoms with Gasteiger partial charge in [-0.2, -0.15) is 0 Å². The molecule has 1 aromatic carbocycles. The lowest BCUT2D eigenvalue weighted by molar-refractivity contribution is -0.120. The molecule has 0 aliphatic carbocycles. The number of nitrogens with one attached hydrogen (secondary N) is 1. The number of hydrogen-bond donors (Lipinski definition) is 1. The molecule has 6 nitrogen and oxygen atoms in total. The van der Waals surface area contributed by atoms with E-state index in [4.69, 9.17) is 4.74 Å². The van der Waals surface area contributed by atoms with E-state index in [0.29, 0.717) is 6.54 Å². The second-order valence-electron chi connectivity index (χ2n) is 6.06. The highest BCUT2D eigenvalue weighted by Crippen LogP contribution is 2.20. The number of thiazole rings is 1. The van der Waals surface area contributed by atoms with Crippen molar-refractivity contribution in [1.82, 2.24) is 19.6 Å². The zero-order valence-corrected chi connectivity index (χ0v) is 15.4. The number of methoxy groups -OCH3 is 1. The minimum absolute atomic E-state index is 0.0221. The van der Waals surface area contributed by atoms with Gasteiger partial charge in [0.25, 0.3) is 0 Å². The number of benzene rings is 1. The predicted octanol–water partition coefficient (Wildman–Crippen LogP) is 2.37. The molecule has 0 radical (unpaired) electrons. The molecule has 0 spiro atoms. The Balaban J connectivity index is 1.60. The van der Waals surface area contributed by atoms with E-state index in [1.807, 2.05) is 60.5 Å². The predicted molar refractivity (Wildman–Crippen MR) is 99.2 cm³/mol. The zero-order valence-electron chi connectivity index (χ0n) is 14.6. The van der Waals surface area contributed by atoms with Gasteiger partial charge in [-0.05, 0) is 31.8 Å². The number of carbonyl (C=O) groups excluding carboxylic acids is 1. The SMILES string of the molecule is COc1ccc(C(CNC(=O)Cc2cn3ccsc3n2)N(C)C)cc1. The molecule has 2 aromatic heterocycles. The van der Waals surface area contributed by atoms with Crippen LogP contribution in [0.15, 0.2) is 42.0 Å². The third-order valence-corrected chi connectivity index (χ3v) is 4.87. The number of hydrogen-bond acceptors (Lipinski definition) is 5. The van der Waals surface area contributed by atoms with Gasteiger partial charge in [0.05, 0.1) is 25.3 Å². The highest BCUT2D eigenvalue weighted by Gasteiger charge is 2.16. The lowest BCUT2D eigenvalue weighted by Crippen LogP contribution is -2.35. The normalized spacial score (nSPS) is 12.5. The minimum atomic E-state index is -0.0221. The molecule has 1 N–H and O–H groups in total. The Morgan fingerprint density at radius 2 is 2.12 bits per heavy atom. The average Bonchev–Trinajstić information content (AvgIpc) is 3.16. The van der Waals surface area contributed by atoms with Crippen LogP contribution in [0.4, 0.5) is 0 Å². The fourth-order valence-electron chi connectivity index (χ4n) is 2.72. The first-order chi connectivity index (χ1) is 12.1. The smallest absolute Gasteiger partial charge is 0.226 e. The van der Waals surface area contributed by atoms with E-state index in [1.54, 1.807) is 18.4 Å².